The Morgan fingerprint density at radius 2 is 2.19 bits per heavy atom. The minimum absolute atomic E-state index is 0.134. The van der Waals surface area contributed by atoms with Crippen LogP contribution < -0.4 is 5.32 Å². The lowest BCUT2D eigenvalue weighted by atomic mass is 10.2. The average Bonchev–Trinajstić information content (AvgIpc) is 3.33. The molecule has 0 radical (unpaired) electrons. The molecule has 136 valence electrons. The van der Waals surface area contributed by atoms with E-state index in [1.807, 2.05) is 20.0 Å². The monoisotopic (exact) mass is 392 g/mol. The number of carbonyl (C=O) groups is 2. The third kappa shape index (κ3) is 3.65. The number of aryl methyl sites for hydroxylation is 1. The molecule has 1 N–H and O–H groups in total. The van der Waals surface area contributed by atoms with Gasteiger partial charge in [0.2, 0.25) is 5.91 Å². The predicted molar refractivity (Wildman–Crippen MR) is 98.5 cm³/mol. The van der Waals surface area contributed by atoms with E-state index in [9.17, 15) is 9.59 Å². The molecule has 0 aliphatic heterocycles. The van der Waals surface area contributed by atoms with Gasteiger partial charge in [0.25, 0.3) is 0 Å². The number of furan rings is 1. The quantitative estimate of drug-likeness (QED) is 0.508. The number of thioether (sulfide) groups is 1. The summed E-state index contributed by atoms with van der Waals surface area (Å²) in [6.45, 7) is 1.85. The van der Waals surface area contributed by atoms with Crippen LogP contribution in [0.25, 0.3) is 11.4 Å². The molecule has 0 saturated carbocycles. The zero-order chi connectivity index (χ0) is 18.7. The molecule has 0 aliphatic carbocycles. The fourth-order valence-electron chi connectivity index (χ4n) is 2.26. The van der Waals surface area contributed by atoms with E-state index in [0.29, 0.717) is 21.5 Å². The largest absolute Gasteiger partial charge is 0.469 e. The van der Waals surface area contributed by atoms with Crippen LogP contribution in [0.1, 0.15) is 16.1 Å². The van der Waals surface area contributed by atoms with Crippen LogP contribution in [0.5, 0.6) is 0 Å². The Bertz CT molecular complexity index is 944. The van der Waals surface area contributed by atoms with Gasteiger partial charge in [-0.05, 0) is 24.4 Å². The van der Waals surface area contributed by atoms with Crippen molar-refractivity contribution in [1.82, 2.24) is 14.8 Å². The first-order valence-corrected chi connectivity index (χ1v) is 9.40. The summed E-state index contributed by atoms with van der Waals surface area (Å²) >= 11 is 2.52. The highest BCUT2D eigenvalue weighted by Gasteiger charge is 2.18. The van der Waals surface area contributed by atoms with E-state index < -0.39 is 5.97 Å². The van der Waals surface area contributed by atoms with Crippen LogP contribution in [0, 0.1) is 6.92 Å². The van der Waals surface area contributed by atoms with Crippen LogP contribution in [0.3, 0.4) is 0 Å². The Morgan fingerprint density at radius 1 is 1.38 bits per heavy atom. The van der Waals surface area contributed by atoms with Crippen molar-refractivity contribution < 1.29 is 18.7 Å². The van der Waals surface area contributed by atoms with Gasteiger partial charge in [0.15, 0.2) is 11.0 Å². The van der Waals surface area contributed by atoms with Crippen LogP contribution >= 0.6 is 23.1 Å². The maximum absolute atomic E-state index is 12.2. The van der Waals surface area contributed by atoms with Crippen molar-refractivity contribution in [2.45, 2.75) is 12.1 Å². The summed E-state index contributed by atoms with van der Waals surface area (Å²) in [4.78, 5) is 23.8. The Labute approximate surface area is 157 Å². The van der Waals surface area contributed by atoms with Gasteiger partial charge in [-0.3, -0.25) is 4.79 Å². The van der Waals surface area contributed by atoms with Crippen LogP contribution in [-0.2, 0) is 16.6 Å². The summed E-state index contributed by atoms with van der Waals surface area (Å²) in [5.41, 5.74) is 1.20. The highest BCUT2D eigenvalue weighted by Crippen LogP contribution is 2.27. The third-order valence-corrected chi connectivity index (χ3v) is 5.44. The first-order chi connectivity index (χ1) is 12.5. The van der Waals surface area contributed by atoms with E-state index in [-0.39, 0.29) is 11.7 Å². The third-order valence-electron chi connectivity index (χ3n) is 3.59. The summed E-state index contributed by atoms with van der Waals surface area (Å²) in [6.07, 6.45) is 1.60. The van der Waals surface area contributed by atoms with Crippen molar-refractivity contribution in [3.05, 3.63) is 35.1 Å². The molecule has 0 aliphatic rings. The Morgan fingerprint density at radius 3 is 2.88 bits per heavy atom. The molecule has 3 aromatic rings. The number of carbonyl (C=O) groups excluding carboxylic acids is 2. The van der Waals surface area contributed by atoms with Gasteiger partial charge in [0, 0.05) is 7.05 Å². The lowest BCUT2D eigenvalue weighted by Crippen LogP contribution is -2.16. The maximum Gasteiger partial charge on any atom is 0.340 e. The number of thiophene rings is 1. The molecule has 8 nitrogen and oxygen atoms in total. The summed E-state index contributed by atoms with van der Waals surface area (Å²) in [5, 5.41) is 13.8. The SMILES string of the molecule is COC(=O)c1ccsc1NC(=O)CSc1nnc(-c2ccoc2C)n1C. The fourth-order valence-corrected chi connectivity index (χ4v) is 3.76. The highest BCUT2D eigenvalue weighted by atomic mass is 32.2. The van der Waals surface area contributed by atoms with Crippen LogP contribution in [0.4, 0.5) is 5.00 Å². The van der Waals surface area contributed by atoms with E-state index in [0.717, 1.165) is 11.3 Å². The first-order valence-electron chi connectivity index (χ1n) is 7.53. The number of rotatable bonds is 6. The van der Waals surface area contributed by atoms with Crippen molar-refractivity contribution in [2.75, 3.05) is 18.2 Å². The van der Waals surface area contributed by atoms with Gasteiger partial charge in [-0.1, -0.05) is 11.8 Å². The van der Waals surface area contributed by atoms with Crippen LogP contribution in [0.15, 0.2) is 33.3 Å². The van der Waals surface area contributed by atoms with E-state index in [4.69, 9.17) is 9.15 Å². The van der Waals surface area contributed by atoms with Gasteiger partial charge in [-0.15, -0.1) is 21.5 Å². The molecule has 10 heteroatoms. The summed E-state index contributed by atoms with van der Waals surface area (Å²) < 4.78 is 11.8. The molecule has 0 atom stereocenters. The van der Waals surface area contributed by atoms with Gasteiger partial charge < -0.3 is 19.0 Å². The number of esters is 1. The highest BCUT2D eigenvalue weighted by molar-refractivity contribution is 7.99. The van der Waals surface area contributed by atoms with Gasteiger partial charge in [-0.25, -0.2) is 4.79 Å². The van der Waals surface area contributed by atoms with Gasteiger partial charge >= 0.3 is 5.97 Å². The van der Waals surface area contributed by atoms with Crippen LogP contribution in [-0.4, -0.2) is 39.5 Å². The Balaban J connectivity index is 1.64. The lowest BCUT2D eigenvalue weighted by molar-refractivity contribution is -0.113. The number of nitrogens with zero attached hydrogens (tertiary/aromatic N) is 3. The molecule has 0 spiro atoms. The summed E-state index contributed by atoms with van der Waals surface area (Å²) in [7, 11) is 3.13. The number of aromatic nitrogens is 3. The van der Waals surface area contributed by atoms with E-state index in [1.165, 1.54) is 30.2 Å². The second kappa shape index (κ2) is 7.75. The predicted octanol–water partition coefficient (Wildman–Crippen LogP) is 2.96. The summed E-state index contributed by atoms with van der Waals surface area (Å²) in [5.74, 6) is 0.831. The number of ether oxygens (including phenoxy) is 1. The number of amides is 1. The van der Waals surface area contributed by atoms with Gasteiger partial charge in [-0.2, -0.15) is 0 Å². The standard InChI is InChI=1S/C16H16N4O4S2/c1-9-10(4-6-24-9)13-18-19-16(20(13)2)26-8-12(21)17-14-11(5-7-25-14)15(22)23-3/h4-7H,8H2,1-3H3,(H,17,21). The van der Waals surface area contributed by atoms with Crippen molar-refractivity contribution >= 4 is 40.0 Å². The number of hydrogen-bond acceptors (Lipinski definition) is 8. The van der Waals surface area contributed by atoms with Crippen molar-refractivity contribution in [1.29, 1.82) is 0 Å². The molecular formula is C16H16N4O4S2. The normalized spacial score (nSPS) is 10.7. The first kappa shape index (κ1) is 18.2. The molecule has 3 aromatic heterocycles. The number of nitrogens with one attached hydrogen (secondary N) is 1. The topological polar surface area (TPSA) is 99.2 Å². The van der Waals surface area contributed by atoms with Gasteiger partial charge in [0.05, 0.1) is 30.3 Å². The van der Waals surface area contributed by atoms with E-state index in [1.54, 1.807) is 22.3 Å². The lowest BCUT2D eigenvalue weighted by Gasteiger charge is -2.05. The zero-order valence-electron chi connectivity index (χ0n) is 14.3. The molecule has 3 rings (SSSR count). The molecule has 0 bridgehead atoms. The summed E-state index contributed by atoms with van der Waals surface area (Å²) in [6, 6.07) is 3.44. The smallest absolute Gasteiger partial charge is 0.340 e. The second-order valence-electron chi connectivity index (χ2n) is 5.25. The minimum atomic E-state index is -0.484. The number of anilines is 1. The second-order valence-corrected chi connectivity index (χ2v) is 7.11. The number of hydrogen-bond donors (Lipinski definition) is 1. The molecule has 0 saturated heterocycles. The van der Waals surface area contributed by atoms with Crippen molar-refractivity contribution in [2.24, 2.45) is 7.05 Å². The Hall–Kier alpha value is -2.59. The molecular weight excluding hydrogens is 376 g/mol. The van der Waals surface area contributed by atoms with E-state index >= 15 is 0 Å². The fraction of sp³-hybridized carbons (Fsp3) is 0.250. The maximum atomic E-state index is 12.2. The van der Waals surface area contributed by atoms with Crippen LogP contribution in [0.2, 0.25) is 0 Å². The van der Waals surface area contributed by atoms with Crippen molar-refractivity contribution in [3.63, 3.8) is 0 Å². The molecule has 3 heterocycles. The minimum Gasteiger partial charge on any atom is -0.469 e. The Kier molecular flexibility index (Phi) is 5.43. The molecule has 0 fully saturated rings. The zero-order valence-corrected chi connectivity index (χ0v) is 15.9. The number of methoxy groups -OCH3 is 1. The van der Waals surface area contributed by atoms with Crippen molar-refractivity contribution in [3.8, 4) is 11.4 Å². The van der Waals surface area contributed by atoms with E-state index in [2.05, 4.69) is 15.5 Å². The molecule has 26 heavy (non-hydrogen) atoms. The van der Waals surface area contributed by atoms with Gasteiger partial charge in [0.1, 0.15) is 10.8 Å². The average molecular weight is 392 g/mol. The molecule has 0 unspecified atom stereocenters. The molecule has 0 aromatic carbocycles. The molecule has 1 amide bonds.